The molecule has 0 aliphatic carbocycles. The molecule has 4 rings (SSSR count). The highest BCUT2D eigenvalue weighted by Gasteiger charge is 2.28. The van der Waals surface area contributed by atoms with Crippen LogP contribution in [0.25, 0.3) is 0 Å². The van der Waals surface area contributed by atoms with Crippen LogP contribution in [0.4, 0.5) is 11.4 Å². The Hall–Kier alpha value is -4.21. The summed E-state index contributed by atoms with van der Waals surface area (Å²) in [5.74, 6) is 1.06. The third-order valence-corrected chi connectivity index (χ3v) is 7.49. The van der Waals surface area contributed by atoms with E-state index in [1.54, 1.807) is 78.9 Å². The number of hydrogen-bond acceptors (Lipinski definition) is 6. The van der Waals surface area contributed by atoms with Crippen molar-refractivity contribution in [3.8, 4) is 23.0 Å². The fourth-order valence-electron chi connectivity index (χ4n) is 3.63. The summed E-state index contributed by atoms with van der Waals surface area (Å²) in [5.41, 5.74) is 0.524. The second-order valence-corrected chi connectivity index (χ2v) is 10.3. The van der Waals surface area contributed by atoms with Crippen LogP contribution >= 0.6 is 11.6 Å². The van der Waals surface area contributed by atoms with Crippen LogP contribution in [0.2, 0.25) is 5.02 Å². The lowest BCUT2D eigenvalue weighted by Crippen LogP contribution is -2.38. The summed E-state index contributed by atoms with van der Waals surface area (Å²) in [7, 11) is -1.10. The van der Waals surface area contributed by atoms with E-state index in [0.29, 0.717) is 28.0 Å². The van der Waals surface area contributed by atoms with Crippen LogP contribution in [0.15, 0.2) is 102 Å². The normalized spacial score (nSPS) is 10.9. The number of para-hydroxylation sites is 2. The Morgan fingerprint density at radius 1 is 0.816 bits per heavy atom. The predicted octanol–water partition coefficient (Wildman–Crippen LogP) is 5.98. The average molecular weight is 553 g/mol. The van der Waals surface area contributed by atoms with Crippen molar-refractivity contribution in [2.45, 2.75) is 4.90 Å². The largest absolute Gasteiger partial charge is 0.497 e. The molecule has 0 unspecified atom stereocenters. The van der Waals surface area contributed by atoms with Crippen molar-refractivity contribution in [2.75, 3.05) is 30.4 Å². The maximum absolute atomic E-state index is 13.6. The molecule has 196 valence electrons. The van der Waals surface area contributed by atoms with E-state index in [0.717, 1.165) is 4.31 Å². The minimum absolute atomic E-state index is 0.0403. The molecule has 4 aromatic carbocycles. The van der Waals surface area contributed by atoms with E-state index < -0.39 is 22.5 Å². The van der Waals surface area contributed by atoms with Crippen molar-refractivity contribution in [1.82, 2.24) is 0 Å². The van der Waals surface area contributed by atoms with Crippen LogP contribution in [-0.4, -0.2) is 35.1 Å². The quantitative estimate of drug-likeness (QED) is 0.260. The average Bonchev–Trinajstić information content (AvgIpc) is 2.94. The molecule has 0 aliphatic rings. The summed E-state index contributed by atoms with van der Waals surface area (Å²) in [6, 6.07) is 26.1. The van der Waals surface area contributed by atoms with Crippen molar-refractivity contribution in [2.24, 2.45) is 0 Å². The van der Waals surface area contributed by atoms with E-state index in [1.165, 1.54) is 32.4 Å². The number of carbonyl (C=O) groups excluding carboxylic acids is 1. The second kappa shape index (κ2) is 11.9. The number of ether oxygens (including phenoxy) is 3. The number of anilines is 2. The maximum atomic E-state index is 13.6. The zero-order valence-electron chi connectivity index (χ0n) is 20.6. The van der Waals surface area contributed by atoms with Gasteiger partial charge in [0.25, 0.3) is 10.0 Å². The van der Waals surface area contributed by atoms with Gasteiger partial charge in [0.05, 0.1) is 30.5 Å². The molecule has 0 bridgehead atoms. The third-order valence-electron chi connectivity index (χ3n) is 5.46. The number of benzene rings is 4. The molecule has 0 heterocycles. The van der Waals surface area contributed by atoms with Crippen molar-refractivity contribution >= 4 is 38.9 Å². The molecule has 1 amide bonds. The fourth-order valence-corrected chi connectivity index (χ4v) is 5.24. The zero-order chi connectivity index (χ0) is 27.1. The Bertz CT molecular complexity index is 1530. The van der Waals surface area contributed by atoms with Crippen LogP contribution in [0, 0.1) is 0 Å². The minimum atomic E-state index is -4.10. The Labute approximate surface area is 226 Å². The molecular formula is C28H25ClN2O6S. The number of halogens is 1. The first-order valence-corrected chi connectivity index (χ1v) is 13.3. The van der Waals surface area contributed by atoms with E-state index in [9.17, 15) is 13.2 Å². The number of rotatable bonds is 10. The lowest BCUT2D eigenvalue weighted by molar-refractivity contribution is -0.114. The number of amides is 1. The van der Waals surface area contributed by atoms with E-state index in [1.807, 2.05) is 0 Å². The molecule has 0 saturated carbocycles. The number of sulfonamides is 1. The summed E-state index contributed by atoms with van der Waals surface area (Å²) in [4.78, 5) is 13.3. The molecule has 0 spiro atoms. The lowest BCUT2D eigenvalue weighted by Gasteiger charge is -2.24. The van der Waals surface area contributed by atoms with Gasteiger partial charge in [-0.3, -0.25) is 9.10 Å². The zero-order valence-corrected chi connectivity index (χ0v) is 22.2. The molecule has 1 N–H and O–H groups in total. The van der Waals surface area contributed by atoms with Crippen LogP contribution in [0.5, 0.6) is 23.0 Å². The standard InChI is InChI=1S/C28H25ClN2O6S/c1-35-22-10-8-9-21(18-22)31(38(33,34)23-11-4-3-5-12-23)19-28(32)30-24-17-20(29)15-16-25(24)37-27-14-7-6-13-26(27)36-2/h3-18H,19H2,1-2H3,(H,30,32). The van der Waals surface area contributed by atoms with Gasteiger partial charge in [0.2, 0.25) is 5.91 Å². The number of nitrogens with one attached hydrogen (secondary N) is 1. The topological polar surface area (TPSA) is 94.2 Å². The van der Waals surface area contributed by atoms with Gasteiger partial charge < -0.3 is 19.5 Å². The molecule has 4 aromatic rings. The molecule has 0 aromatic heterocycles. The summed E-state index contributed by atoms with van der Waals surface area (Å²) in [6.07, 6.45) is 0. The van der Waals surface area contributed by atoms with Crippen LogP contribution in [-0.2, 0) is 14.8 Å². The van der Waals surface area contributed by atoms with Gasteiger partial charge in [0, 0.05) is 11.1 Å². The highest BCUT2D eigenvalue weighted by atomic mass is 35.5. The van der Waals surface area contributed by atoms with Gasteiger partial charge in [-0.15, -0.1) is 0 Å². The van der Waals surface area contributed by atoms with E-state index >= 15 is 0 Å². The Balaban J connectivity index is 1.66. The van der Waals surface area contributed by atoms with Gasteiger partial charge in [-0.1, -0.05) is 48.0 Å². The van der Waals surface area contributed by atoms with Gasteiger partial charge >= 0.3 is 0 Å². The van der Waals surface area contributed by atoms with E-state index in [-0.39, 0.29) is 16.3 Å². The molecule has 8 nitrogen and oxygen atoms in total. The molecule has 0 radical (unpaired) electrons. The van der Waals surface area contributed by atoms with Gasteiger partial charge in [-0.25, -0.2) is 8.42 Å². The number of hydrogen-bond donors (Lipinski definition) is 1. The summed E-state index contributed by atoms with van der Waals surface area (Å²) < 4.78 is 44.8. The summed E-state index contributed by atoms with van der Waals surface area (Å²) in [6.45, 7) is -0.523. The summed E-state index contributed by atoms with van der Waals surface area (Å²) >= 11 is 6.20. The molecule has 38 heavy (non-hydrogen) atoms. The first-order chi connectivity index (χ1) is 18.3. The van der Waals surface area contributed by atoms with Crippen LogP contribution in [0.1, 0.15) is 0 Å². The molecule has 0 aliphatic heterocycles. The predicted molar refractivity (Wildman–Crippen MR) is 147 cm³/mol. The fraction of sp³-hybridized carbons (Fsp3) is 0.107. The SMILES string of the molecule is COc1cccc(N(CC(=O)Nc2cc(Cl)ccc2Oc2ccccc2OC)S(=O)(=O)c2ccccc2)c1. The monoisotopic (exact) mass is 552 g/mol. The smallest absolute Gasteiger partial charge is 0.264 e. The molecule has 0 saturated heterocycles. The van der Waals surface area contributed by atoms with Crippen molar-refractivity contribution < 1.29 is 27.4 Å². The molecule has 10 heteroatoms. The molecular weight excluding hydrogens is 528 g/mol. The first-order valence-electron chi connectivity index (χ1n) is 11.4. The Morgan fingerprint density at radius 2 is 1.53 bits per heavy atom. The number of carbonyl (C=O) groups is 1. The molecule has 0 fully saturated rings. The van der Waals surface area contributed by atoms with Crippen LogP contribution in [0.3, 0.4) is 0 Å². The Kier molecular flexibility index (Phi) is 8.40. The minimum Gasteiger partial charge on any atom is -0.497 e. The number of methoxy groups -OCH3 is 2. The lowest BCUT2D eigenvalue weighted by atomic mass is 10.2. The van der Waals surface area contributed by atoms with Crippen LogP contribution < -0.4 is 23.8 Å². The Morgan fingerprint density at radius 3 is 2.24 bits per heavy atom. The van der Waals surface area contributed by atoms with Gasteiger partial charge in [-0.05, 0) is 54.6 Å². The van der Waals surface area contributed by atoms with E-state index in [4.69, 9.17) is 25.8 Å². The van der Waals surface area contributed by atoms with Crippen molar-refractivity contribution in [1.29, 1.82) is 0 Å². The highest BCUT2D eigenvalue weighted by molar-refractivity contribution is 7.92. The van der Waals surface area contributed by atoms with Crippen molar-refractivity contribution in [3.63, 3.8) is 0 Å². The van der Waals surface area contributed by atoms with Gasteiger partial charge in [0.15, 0.2) is 17.2 Å². The van der Waals surface area contributed by atoms with Crippen molar-refractivity contribution in [3.05, 3.63) is 102 Å². The van der Waals surface area contributed by atoms with Gasteiger partial charge in [0.1, 0.15) is 12.3 Å². The highest BCUT2D eigenvalue weighted by Crippen LogP contribution is 2.36. The maximum Gasteiger partial charge on any atom is 0.264 e. The molecule has 0 atom stereocenters. The number of nitrogens with zero attached hydrogens (tertiary/aromatic N) is 1. The van der Waals surface area contributed by atoms with Gasteiger partial charge in [-0.2, -0.15) is 0 Å². The first kappa shape index (κ1) is 26.8. The van der Waals surface area contributed by atoms with E-state index in [2.05, 4.69) is 5.32 Å². The third kappa shape index (κ3) is 6.19. The second-order valence-electron chi connectivity index (χ2n) is 7.97. The summed E-state index contributed by atoms with van der Waals surface area (Å²) in [5, 5.41) is 3.09.